The third-order valence-corrected chi connectivity index (χ3v) is 7.50. The smallest absolute Gasteiger partial charge is 0.174 e. The molecule has 0 aliphatic carbocycles. The van der Waals surface area contributed by atoms with Gasteiger partial charge in [0.1, 0.15) is 0 Å². The lowest BCUT2D eigenvalue weighted by molar-refractivity contribution is 0.565. The van der Waals surface area contributed by atoms with Gasteiger partial charge in [-0.2, -0.15) is 0 Å². The van der Waals surface area contributed by atoms with Crippen molar-refractivity contribution in [3.8, 4) is 5.69 Å². The van der Waals surface area contributed by atoms with Gasteiger partial charge in [0.25, 0.3) is 0 Å². The molecule has 0 spiro atoms. The van der Waals surface area contributed by atoms with Crippen molar-refractivity contribution in [2.75, 3.05) is 4.90 Å². The topological polar surface area (TPSA) is 33.1 Å². The first kappa shape index (κ1) is 23.3. The van der Waals surface area contributed by atoms with E-state index in [0.717, 1.165) is 16.5 Å². The maximum atomic E-state index is 5.96. The van der Waals surface area contributed by atoms with Crippen LogP contribution < -0.4 is 10.2 Å². The number of hydrogen-bond acceptors (Lipinski definition) is 2. The number of aromatic nitrogens is 2. The molecule has 0 amide bonds. The van der Waals surface area contributed by atoms with Crippen molar-refractivity contribution in [2.24, 2.45) is 0 Å². The van der Waals surface area contributed by atoms with Gasteiger partial charge < -0.3 is 14.8 Å². The molecule has 0 unspecified atom stereocenters. The Morgan fingerprint density at radius 3 is 2.29 bits per heavy atom. The van der Waals surface area contributed by atoms with Crippen molar-refractivity contribution >= 4 is 23.0 Å². The number of pyridine rings is 1. The molecule has 5 heteroatoms. The zero-order chi connectivity index (χ0) is 24.9. The summed E-state index contributed by atoms with van der Waals surface area (Å²) in [5.41, 5.74) is 12.1. The van der Waals surface area contributed by atoms with Crippen molar-refractivity contribution in [2.45, 2.75) is 53.6 Å². The third-order valence-electron chi connectivity index (χ3n) is 7.19. The predicted octanol–water partition coefficient (Wildman–Crippen LogP) is 6.90. The van der Waals surface area contributed by atoms with E-state index in [9.17, 15) is 0 Å². The van der Waals surface area contributed by atoms with Crippen LogP contribution in [-0.2, 0) is 0 Å². The normalized spacial score (nSPS) is 17.7. The molecule has 4 nitrogen and oxygen atoms in total. The minimum atomic E-state index is -0.0583. The van der Waals surface area contributed by atoms with Crippen molar-refractivity contribution in [1.29, 1.82) is 0 Å². The van der Waals surface area contributed by atoms with Crippen LogP contribution >= 0.6 is 12.2 Å². The fourth-order valence-electron chi connectivity index (χ4n) is 5.47. The fourth-order valence-corrected chi connectivity index (χ4v) is 5.82. The number of thiocarbonyl (C=S) groups is 1. The van der Waals surface area contributed by atoms with Gasteiger partial charge in [0.05, 0.1) is 17.8 Å². The Kier molecular flexibility index (Phi) is 5.97. The molecule has 1 aliphatic rings. The van der Waals surface area contributed by atoms with E-state index in [-0.39, 0.29) is 12.1 Å². The first-order valence-electron chi connectivity index (χ1n) is 12.1. The van der Waals surface area contributed by atoms with E-state index in [0.29, 0.717) is 0 Å². The highest BCUT2D eigenvalue weighted by atomic mass is 32.1. The molecule has 0 bridgehead atoms. The van der Waals surface area contributed by atoms with Crippen molar-refractivity contribution in [1.82, 2.24) is 14.9 Å². The summed E-state index contributed by atoms with van der Waals surface area (Å²) in [6.07, 6.45) is 1.86. The standard InChI is InChI=1S/C30H32N4S/c1-18-14-19(2)16-24(15-18)34-29(28(32-30(34)35)26-11-7-8-13-31-26)25-17-21(4)33(23(25)6)27-12-9-10-20(3)22(27)5/h7-17,28-29H,1-6H3,(H,32,35)/t28-,29+/m0/s1. The highest BCUT2D eigenvalue weighted by Crippen LogP contribution is 2.44. The summed E-state index contributed by atoms with van der Waals surface area (Å²) in [5, 5.41) is 4.34. The van der Waals surface area contributed by atoms with Crippen LogP contribution in [0.25, 0.3) is 5.69 Å². The molecule has 35 heavy (non-hydrogen) atoms. The van der Waals surface area contributed by atoms with Gasteiger partial charge in [-0.15, -0.1) is 0 Å². The van der Waals surface area contributed by atoms with Crippen LogP contribution in [0.15, 0.2) is 66.9 Å². The van der Waals surface area contributed by atoms with Gasteiger partial charge in [0.2, 0.25) is 0 Å². The second-order valence-corrected chi connectivity index (χ2v) is 10.1. The maximum absolute atomic E-state index is 5.96. The van der Waals surface area contributed by atoms with Gasteiger partial charge in [0, 0.05) is 29.0 Å². The average molecular weight is 481 g/mol. The van der Waals surface area contributed by atoms with Crippen LogP contribution in [0.4, 0.5) is 5.69 Å². The summed E-state index contributed by atoms with van der Waals surface area (Å²) in [4.78, 5) is 7.00. The molecule has 4 aromatic rings. The maximum Gasteiger partial charge on any atom is 0.174 e. The van der Waals surface area contributed by atoms with Crippen molar-refractivity contribution < 1.29 is 0 Å². The number of benzene rings is 2. The Hall–Kier alpha value is -3.44. The lowest BCUT2D eigenvalue weighted by Crippen LogP contribution is -2.29. The minimum absolute atomic E-state index is 0.0244. The summed E-state index contributed by atoms with van der Waals surface area (Å²) >= 11 is 5.96. The van der Waals surface area contributed by atoms with Crippen molar-refractivity contribution in [3.63, 3.8) is 0 Å². The molecule has 0 radical (unpaired) electrons. The first-order valence-corrected chi connectivity index (χ1v) is 12.5. The molecule has 1 fully saturated rings. The van der Waals surface area contributed by atoms with Crippen LogP contribution in [0.2, 0.25) is 0 Å². The molecular weight excluding hydrogens is 448 g/mol. The van der Waals surface area contributed by atoms with Gasteiger partial charge in [-0.05, 0) is 118 Å². The lowest BCUT2D eigenvalue weighted by Gasteiger charge is -2.29. The van der Waals surface area contributed by atoms with Gasteiger partial charge in [-0.3, -0.25) is 4.98 Å². The molecule has 1 N–H and O–H groups in total. The van der Waals surface area contributed by atoms with E-state index in [1.807, 2.05) is 18.3 Å². The van der Waals surface area contributed by atoms with Crippen LogP contribution in [0, 0.1) is 41.5 Å². The Balaban J connectivity index is 1.72. The molecule has 1 aliphatic heterocycles. The monoisotopic (exact) mass is 480 g/mol. The average Bonchev–Trinajstić information content (AvgIpc) is 3.31. The number of nitrogens with one attached hydrogen (secondary N) is 1. The summed E-state index contributed by atoms with van der Waals surface area (Å²) in [6, 6.07) is 21.5. The molecule has 2 aromatic heterocycles. The largest absolute Gasteiger partial charge is 0.351 e. The van der Waals surface area contributed by atoms with Crippen molar-refractivity contribution in [3.05, 3.63) is 112 Å². The number of anilines is 1. The van der Waals surface area contributed by atoms with Crippen LogP contribution in [0.3, 0.4) is 0 Å². The van der Waals surface area contributed by atoms with Crippen LogP contribution in [-0.4, -0.2) is 14.7 Å². The molecule has 178 valence electrons. The molecular formula is C30H32N4S. The minimum Gasteiger partial charge on any atom is -0.351 e. The Morgan fingerprint density at radius 2 is 1.60 bits per heavy atom. The lowest BCUT2D eigenvalue weighted by atomic mass is 9.96. The molecule has 5 rings (SSSR count). The molecule has 2 aromatic carbocycles. The SMILES string of the molecule is Cc1cc(C)cc(N2C(=S)N[C@@H](c3ccccn3)[C@H]2c2cc(C)n(-c3cccc(C)c3C)c2C)c1. The Bertz CT molecular complexity index is 1400. The summed E-state index contributed by atoms with van der Waals surface area (Å²) < 4.78 is 2.38. The van der Waals surface area contributed by atoms with Gasteiger partial charge >= 0.3 is 0 Å². The fraction of sp³-hybridized carbons (Fsp3) is 0.267. The molecule has 2 atom stereocenters. The Morgan fingerprint density at radius 1 is 0.857 bits per heavy atom. The highest BCUT2D eigenvalue weighted by molar-refractivity contribution is 7.80. The van der Waals surface area contributed by atoms with Gasteiger partial charge in [-0.1, -0.05) is 24.3 Å². The van der Waals surface area contributed by atoms with Gasteiger partial charge in [-0.25, -0.2) is 0 Å². The number of rotatable bonds is 4. The van der Waals surface area contributed by atoms with Crippen LogP contribution in [0.5, 0.6) is 0 Å². The number of nitrogens with zero attached hydrogens (tertiary/aromatic N) is 3. The van der Waals surface area contributed by atoms with E-state index in [4.69, 9.17) is 17.2 Å². The number of aryl methyl sites for hydroxylation is 4. The van der Waals surface area contributed by atoms with Crippen LogP contribution in [0.1, 0.15) is 57.0 Å². The number of hydrogen-bond donors (Lipinski definition) is 1. The zero-order valence-electron chi connectivity index (χ0n) is 21.3. The zero-order valence-corrected chi connectivity index (χ0v) is 22.1. The third kappa shape index (κ3) is 4.04. The van der Waals surface area contributed by atoms with E-state index in [2.05, 4.69) is 105 Å². The summed E-state index contributed by atoms with van der Waals surface area (Å²) in [6.45, 7) is 13.1. The van der Waals surface area contributed by atoms with E-state index < -0.39 is 0 Å². The van der Waals surface area contributed by atoms with E-state index in [1.54, 1.807) is 0 Å². The molecule has 3 heterocycles. The quantitative estimate of drug-likeness (QED) is 0.322. The molecule has 1 saturated heterocycles. The first-order chi connectivity index (χ1) is 16.8. The summed E-state index contributed by atoms with van der Waals surface area (Å²) in [7, 11) is 0. The molecule has 0 saturated carbocycles. The van der Waals surface area contributed by atoms with E-state index >= 15 is 0 Å². The predicted molar refractivity (Wildman–Crippen MR) is 149 cm³/mol. The second-order valence-electron chi connectivity index (χ2n) is 9.72. The van der Waals surface area contributed by atoms with Gasteiger partial charge in [0.15, 0.2) is 5.11 Å². The highest BCUT2D eigenvalue weighted by Gasteiger charge is 2.42. The Labute approximate surface area is 213 Å². The summed E-state index contributed by atoms with van der Waals surface area (Å²) in [5.74, 6) is 0. The van der Waals surface area contributed by atoms with E-state index in [1.165, 1.54) is 44.9 Å². The second kappa shape index (κ2) is 8.97.